The summed E-state index contributed by atoms with van der Waals surface area (Å²) in [5.74, 6) is -0.0439. The zero-order chi connectivity index (χ0) is 20.8. The van der Waals surface area contributed by atoms with E-state index in [1.54, 1.807) is 4.90 Å². The topological polar surface area (TPSA) is 59.2 Å². The van der Waals surface area contributed by atoms with E-state index in [9.17, 15) is 18.0 Å². The lowest BCUT2D eigenvalue weighted by molar-refractivity contribution is -0.137. The van der Waals surface area contributed by atoms with Gasteiger partial charge in [0.1, 0.15) is 0 Å². The molecule has 1 aliphatic rings. The minimum atomic E-state index is -4.45. The normalized spacial score (nSPS) is 17.2. The van der Waals surface area contributed by atoms with Gasteiger partial charge in [-0.05, 0) is 37.6 Å². The molecule has 0 bridgehead atoms. The fourth-order valence-electron chi connectivity index (χ4n) is 3.57. The van der Waals surface area contributed by atoms with Crippen molar-refractivity contribution < 1.29 is 22.5 Å². The molecule has 2 heterocycles. The number of rotatable bonds is 3. The van der Waals surface area contributed by atoms with E-state index in [0.29, 0.717) is 6.54 Å². The van der Waals surface area contributed by atoms with Crippen LogP contribution in [0, 0.1) is 13.8 Å². The minimum Gasteiger partial charge on any atom is -0.339 e. The molecule has 29 heavy (non-hydrogen) atoms. The minimum absolute atomic E-state index is 0.0548. The number of carbonyl (C=O) groups is 1. The molecule has 1 aromatic heterocycles. The van der Waals surface area contributed by atoms with Gasteiger partial charge in [-0.1, -0.05) is 35.0 Å². The second-order valence-electron chi connectivity index (χ2n) is 7.23. The number of aryl methyl sites for hydroxylation is 2. The van der Waals surface area contributed by atoms with Crippen LogP contribution in [-0.2, 0) is 11.0 Å². The van der Waals surface area contributed by atoms with Crippen molar-refractivity contribution in [2.24, 2.45) is 0 Å². The van der Waals surface area contributed by atoms with Crippen molar-refractivity contribution >= 4 is 11.6 Å². The molecule has 1 amide bonds. The van der Waals surface area contributed by atoms with E-state index in [0.717, 1.165) is 28.9 Å². The average Bonchev–Trinajstić information content (AvgIpc) is 3.28. The number of benzene rings is 2. The molecular weight excluding hydrogens is 383 g/mol. The van der Waals surface area contributed by atoms with Crippen LogP contribution in [0.1, 0.15) is 34.9 Å². The molecule has 1 fully saturated rings. The van der Waals surface area contributed by atoms with Crippen LogP contribution in [-0.4, -0.2) is 22.6 Å². The zero-order valence-electron chi connectivity index (χ0n) is 15.8. The standard InChI is InChI=1S/C21H18F3N3O2/c1-12-6-7-17(13(2)8-12)27-11-15(10-18(27)28)20-25-19(26-29-20)14-4-3-5-16(9-14)21(22,23)24/h3-9,15H,10-11H2,1-2H3/t15-/m1/s1. The lowest BCUT2D eigenvalue weighted by Crippen LogP contribution is -2.25. The Balaban J connectivity index is 1.57. The van der Waals surface area contributed by atoms with Gasteiger partial charge in [0.15, 0.2) is 0 Å². The van der Waals surface area contributed by atoms with Gasteiger partial charge >= 0.3 is 6.18 Å². The second-order valence-corrected chi connectivity index (χ2v) is 7.23. The highest BCUT2D eigenvalue weighted by Crippen LogP contribution is 2.35. The van der Waals surface area contributed by atoms with Crippen molar-refractivity contribution in [3.05, 3.63) is 65.0 Å². The third-order valence-corrected chi connectivity index (χ3v) is 5.01. The maximum Gasteiger partial charge on any atom is 0.416 e. The fraction of sp³-hybridized carbons (Fsp3) is 0.286. The Labute approximate surface area is 165 Å². The van der Waals surface area contributed by atoms with Crippen LogP contribution in [0.3, 0.4) is 0 Å². The molecule has 1 aliphatic heterocycles. The molecule has 8 heteroatoms. The Hall–Kier alpha value is -3.16. The van der Waals surface area contributed by atoms with Gasteiger partial charge in [0.05, 0.1) is 11.5 Å². The average molecular weight is 401 g/mol. The molecule has 1 saturated heterocycles. The molecule has 0 spiro atoms. The van der Waals surface area contributed by atoms with E-state index in [2.05, 4.69) is 10.1 Å². The molecule has 0 radical (unpaired) electrons. The van der Waals surface area contributed by atoms with E-state index in [-0.39, 0.29) is 35.5 Å². The van der Waals surface area contributed by atoms with E-state index < -0.39 is 11.7 Å². The number of hydrogen-bond acceptors (Lipinski definition) is 4. The van der Waals surface area contributed by atoms with E-state index in [1.165, 1.54) is 12.1 Å². The maximum absolute atomic E-state index is 12.9. The number of alkyl halides is 3. The Morgan fingerprint density at radius 3 is 2.66 bits per heavy atom. The van der Waals surface area contributed by atoms with Gasteiger partial charge in [-0.15, -0.1) is 0 Å². The van der Waals surface area contributed by atoms with Crippen molar-refractivity contribution in [2.75, 3.05) is 11.4 Å². The van der Waals surface area contributed by atoms with Gasteiger partial charge in [0.2, 0.25) is 17.6 Å². The monoisotopic (exact) mass is 401 g/mol. The number of nitrogens with zero attached hydrogens (tertiary/aromatic N) is 3. The van der Waals surface area contributed by atoms with Gasteiger partial charge in [0.25, 0.3) is 0 Å². The van der Waals surface area contributed by atoms with Crippen LogP contribution in [0.5, 0.6) is 0 Å². The second kappa shape index (κ2) is 7.02. The third-order valence-electron chi connectivity index (χ3n) is 5.01. The lowest BCUT2D eigenvalue weighted by atomic mass is 10.1. The predicted molar refractivity (Wildman–Crippen MR) is 100 cm³/mol. The van der Waals surface area contributed by atoms with E-state index in [1.807, 2.05) is 32.0 Å². The quantitative estimate of drug-likeness (QED) is 0.627. The van der Waals surface area contributed by atoms with Crippen LogP contribution in [0.25, 0.3) is 11.4 Å². The summed E-state index contributed by atoms with van der Waals surface area (Å²) in [7, 11) is 0. The smallest absolute Gasteiger partial charge is 0.339 e. The zero-order valence-corrected chi connectivity index (χ0v) is 15.8. The Bertz CT molecular complexity index is 1080. The summed E-state index contributed by atoms with van der Waals surface area (Å²) >= 11 is 0. The number of anilines is 1. The van der Waals surface area contributed by atoms with Crippen LogP contribution in [0.2, 0.25) is 0 Å². The van der Waals surface area contributed by atoms with Crippen LogP contribution in [0.4, 0.5) is 18.9 Å². The van der Waals surface area contributed by atoms with Gasteiger partial charge in [0, 0.05) is 24.2 Å². The third kappa shape index (κ3) is 3.74. The van der Waals surface area contributed by atoms with Gasteiger partial charge < -0.3 is 9.42 Å². The van der Waals surface area contributed by atoms with E-state index >= 15 is 0 Å². The van der Waals surface area contributed by atoms with Crippen LogP contribution < -0.4 is 4.90 Å². The number of aromatic nitrogens is 2. The predicted octanol–water partition coefficient (Wildman–Crippen LogP) is 4.89. The molecule has 0 unspecified atom stereocenters. The summed E-state index contributed by atoms with van der Waals surface area (Å²) in [6.45, 7) is 4.31. The Morgan fingerprint density at radius 2 is 1.93 bits per heavy atom. The number of amides is 1. The van der Waals surface area contributed by atoms with Crippen LogP contribution in [0.15, 0.2) is 47.0 Å². The lowest BCUT2D eigenvalue weighted by Gasteiger charge is -2.19. The van der Waals surface area contributed by atoms with Crippen molar-refractivity contribution in [3.63, 3.8) is 0 Å². The van der Waals surface area contributed by atoms with Crippen molar-refractivity contribution in [2.45, 2.75) is 32.4 Å². The molecule has 5 nitrogen and oxygen atoms in total. The van der Waals surface area contributed by atoms with Gasteiger partial charge in [-0.25, -0.2) is 0 Å². The van der Waals surface area contributed by atoms with E-state index in [4.69, 9.17) is 4.52 Å². The highest BCUT2D eigenvalue weighted by molar-refractivity contribution is 5.97. The summed E-state index contributed by atoms with van der Waals surface area (Å²) in [6, 6.07) is 10.6. The molecule has 1 atom stereocenters. The van der Waals surface area contributed by atoms with Gasteiger partial charge in [-0.2, -0.15) is 18.2 Å². The maximum atomic E-state index is 12.9. The first kappa shape index (κ1) is 19.2. The largest absolute Gasteiger partial charge is 0.416 e. The first-order valence-corrected chi connectivity index (χ1v) is 9.11. The van der Waals surface area contributed by atoms with Crippen molar-refractivity contribution in [1.82, 2.24) is 10.1 Å². The molecule has 2 aromatic carbocycles. The molecule has 150 valence electrons. The van der Waals surface area contributed by atoms with Gasteiger partial charge in [-0.3, -0.25) is 4.79 Å². The Morgan fingerprint density at radius 1 is 1.14 bits per heavy atom. The number of carbonyl (C=O) groups excluding carboxylic acids is 1. The number of hydrogen-bond donors (Lipinski definition) is 0. The van der Waals surface area contributed by atoms with Crippen molar-refractivity contribution in [1.29, 1.82) is 0 Å². The summed E-state index contributed by atoms with van der Waals surface area (Å²) in [4.78, 5) is 18.5. The summed E-state index contributed by atoms with van der Waals surface area (Å²) in [5, 5.41) is 3.82. The molecular formula is C21H18F3N3O2. The summed E-state index contributed by atoms with van der Waals surface area (Å²) < 4.78 is 44.1. The fourth-order valence-corrected chi connectivity index (χ4v) is 3.57. The molecule has 4 rings (SSSR count). The highest BCUT2D eigenvalue weighted by Gasteiger charge is 2.36. The highest BCUT2D eigenvalue weighted by atomic mass is 19.4. The molecule has 0 aliphatic carbocycles. The molecule has 0 N–H and O–H groups in total. The van der Waals surface area contributed by atoms with Crippen molar-refractivity contribution in [3.8, 4) is 11.4 Å². The first-order valence-electron chi connectivity index (χ1n) is 9.11. The summed E-state index contributed by atoms with van der Waals surface area (Å²) in [5.41, 5.74) is 2.37. The Kier molecular flexibility index (Phi) is 4.64. The molecule has 3 aromatic rings. The SMILES string of the molecule is Cc1ccc(N2C[C@H](c3nc(-c4cccc(C(F)(F)F)c4)no3)CC2=O)c(C)c1. The summed E-state index contributed by atoms with van der Waals surface area (Å²) in [6.07, 6.45) is -4.25. The first-order chi connectivity index (χ1) is 13.7. The number of halogens is 3. The van der Waals surface area contributed by atoms with Crippen LogP contribution >= 0.6 is 0 Å². The molecule has 0 saturated carbocycles.